The van der Waals surface area contributed by atoms with Gasteiger partial charge in [-0.1, -0.05) is 9.36 Å². The molecule has 0 aliphatic heterocycles. The van der Waals surface area contributed by atoms with Gasteiger partial charge in [-0.15, -0.1) is 0 Å². The van der Waals surface area contributed by atoms with E-state index in [2.05, 4.69) is 61.8 Å². The van der Waals surface area contributed by atoms with Gasteiger partial charge >= 0.3 is 0 Å². The highest BCUT2D eigenvalue weighted by Gasteiger charge is 2.22. The second-order valence-corrected chi connectivity index (χ2v) is 5.13. The highest BCUT2D eigenvalue weighted by atomic mass is 15.4. The van der Waals surface area contributed by atoms with E-state index in [4.69, 9.17) is 0 Å². The first kappa shape index (κ1) is 12.6. The Labute approximate surface area is 118 Å². The van der Waals surface area contributed by atoms with E-state index < -0.39 is 0 Å². The van der Waals surface area contributed by atoms with E-state index in [0.29, 0.717) is 0 Å². The highest BCUT2D eigenvalue weighted by Crippen LogP contribution is 2.08. The number of hydrogen-bond acceptors (Lipinski definition) is 0. The summed E-state index contributed by atoms with van der Waals surface area (Å²) in [4.78, 5) is 0. The van der Waals surface area contributed by atoms with Gasteiger partial charge in [0.1, 0.15) is 12.4 Å². The number of rotatable bonds is 2. The van der Waals surface area contributed by atoms with E-state index in [1.165, 1.54) is 5.56 Å². The van der Waals surface area contributed by atoms with Crippen molar-refractivity contribution in [3.63, 3.8) is 0 Å². The van der Waals surface area contributed by atoms with Gasteiger partial charge in [-0.25, -0.2) is 4.57 Å². The van der Waals surface area contributed by atoms with E-state index in [1.807, 2.05) is 38.6 Å². The van der Waals surface area contributed by atoms with Crippen molar-refractivity contribution in [1.29, 1.82) is 0 Å². The van der Waals surface area contributed by atoms with Crippen LogP contribution >= 0.6 is 0 Å². The summed E-state index contributed by atoms with van der Waals surface area (Å²) in [5, 5.41) is 0. The molecule has 5 nitrogen and oxygen atoms in total. The fraction of sp³-hybridized carbons (Fsp3) is 0.267. The maximum Gasteiger partial charge on any atom is 0.289 e. The molecule has 3 aromatic rings. The van der Waals surface area contributed by atoms with E-state index in [-0.39, 0.29) is 0 Å². The normalized spacial score (nSPS) is 11.0. The van der Waals surface area contributed by atoms with Crippen LogP contribution in [-0.4, -0.2) is 9.36 Å². The standard InChI is InChI=1S/C15H20N5/c1-13-11-14(19-9-5-7-16(19)2)18(4)15(12-13)20-10-6-8-17(20)3/h5-12H,1-4H3/q+3. The van der Waals surface area contributed by atoms with Gasteiger partial charge in [0.05, 0.1) is 7.05 Å². The van der Waals surface area contributed by atoms with Crippen molar-refractivity contribution in [3.05, 3.63) is 54.6 Å². The number of hydrogen-bond donors (Lipinski definition) is 0. The van der Waals surface area contributed by atoms with Crippen molar-refractivity contribution < 1.29 is 13.9 Å². The topological polar surface area (TPSA) is 21.5 Å². The third-order valence-corrected chi connectivity index (χ3v) is 3.61. The molecule has 0 aromatic carbocycles. The number of nitrogens with zero attached hydrogens (tertiary/aromatic N) is 5. The van der Waals surface area contributed by atoms with Crippen LogP contribution in [0.1, 0.15) is 5.56 Å². The molecule has 102 valence electrons. The van der Waals surface area contributed by atoms with Gasteiger partial charge in [0.2, 0.25) is 12.4 Å². The van der Waals surface area contributed by atoms with Gasteiger partial charge in [0, 0.05) is 24.3 Å². The first-order valence-electron chi connectivity index (χ1n) is 6.66. The summed E-state index contributed by atoms with van der Waals surface area (Å²) in [7, 11) is 6.17. The van der Waals surface area contributed by atoms with Crippen LogP contribution in [0.4, 0.5) is 0 Å². The Kier molecular flexibility index (Phi) is 2.89. The summed E-state index contributed by atoms with van der Waals surface area (Å²) in [6.07, 6.45) is 8.21. The first-order valence-corrected chi connectivity index (χ1v) is 6.66. The van der Waals surface area contributed by atoms with Crippen molar-refractivity contribution in [1.82, 2.24) is 9.36 Å². The Bertz CT molecular complexity index is 705. The van der Waals surface area contributed by atoms with Crippen LogP contribution in [0.15, 0.2) is 49.1 Å². The van der Waals surface area contributed by atoms with Gasteiger partial charge in [0.15, 0.2) is 14.1 Å². The molecule has 0 radical (unpaired) electrons. The lowest BCUT2D eigenvalue weighted by Gasteiger charge is -2.07. The van der Waals surface area contributed by atoms with Gasteiger partial charge in [-0.2, -0.15) is 0 Å². The molecule has 0 atom stereocenters. The van der Waals surface area contributed by atoms with Crippen LogP contribution < -0.4 is 13.9 Å². The number of aromatic nitrogens is 5. The van der Waals surface area contributed by atoms with Gasteiger partial charge in [-0.05, 0) is 21.9 Å². The summed E-state index contributed by atoms with van der Waals surface area (Å²) < 4.78 is 10.6. The SMILES string of the molecule is Cc1cc(-n2ccc[n+]2C)[n+](C)c(-n2ccc[n+]2C)c1. The smallest absolute Gasteiger partial charge is 0.226 e. The zero-order valence-corrected chi connectivity index (χ0v) is 12.4. The molecular formula is C15H20N5+3. The van der Waals surface area contributed by atoms with Crippen molar-refractivity contribution in [2.24, 2.45) is 21.1 Å². The number of aryl methyl sites for hydroxylation is 3. The lowest BCUT2D eigenvalue weighted by Crippen LogP contribution is -2.49. The number of pyridine rings is 1. The Morgan fingerprint density at radius 2 is 1.25 bits per heavy atom. The molecule has 0 N–H and O–H groups in total. The largest absolute Gasteiger partial charge is 0.289 e. The second kappa shape index (κ2) is 4.59. The van der Waals surface area contributed by atoms with E-state index in [0.717, 1.165) is 11.6 Å². The molecular weight excluding hydrogens is 250 g/mol. The van der Waals surface area contributed by atoms with Crippen LogP contribution in [0.2, 0.25) is 0 Å². The molecule has 0 saturated heterocycles. The van der Waals surface area contributed by atoms with E-state index >= 15 is 0 Å². The molecule has 0 saturated carbocycles. The summed E-state index contributed by atoms with van der Waals surface area (Å²) in [6, 6.07) is 8.45. The summed E-state index contributed by atoms with van der Waals surface area (Å²) in [5.41, 5.74) is 1.23. The Morgan fingerprint density at radius 3 is 1.60 bits per heavy atom. The zero-order chi connectivity index (χ0) is 14.3. The zero-order valence-electron chi connectivity index (χ0n) is 12.4. The summed E-state index contributed by atoms with van der Waals surface area (Å²) in [5.74, 6) is 2.25. The Hall–Kier alpha value is -2.43. The highest BCUT2D eigenvalue weighted by molar-refractivity contribution is 5.28. The lowest BCUT2D eigenvalue weighted by atomic mass is 10.2. The van der Waals surface area contributed by atoms with Crippen molar-refractivity contribution in [2.45, 2.75) is 6.92 Å². The molecule has 0 amide bonds. The van der Waals surface area contributed by atoms with Gasteiger partial charge in [0.25, 0.3) is 11.6 Å². The molecule has 5 heteroatoms. The molecule has 0 fully saturated rings. The molecule has 3 heterocycles. The van der Waals surface area contributed by atoms with Crippen LogP contribution in [0.3, 0.4) is 0 Å². The molecule has 0 aliphatic rings. The second-order valence-electron chi connectivity index (χ2n) is 5.13. The maximum atomic E-state index is 2.19. The third-order valence-electron chi connectivity index (χ3n) is 3.61. The molecule has 0 bridgehead atoms. The Balaban J connectivity index is 2.27. The summed E-state index contributed by atoms with van der Waals surface area (Å²) >= 11 is 0. The fourth-order valence-electron chi connectivity index (χ4n) is 2.52. The molecule has 0 aliphatic carbocycles. The van der Waals surface area contributed by atoms with Crippen LogP contribution in [0.5, 0.6) is 0 Å². The average molecular weight is 270 g/mol. The molecule has 3 aromatic heterocycles. The van der Waals surface area contributed by atoms with Crippen LogP contribution in [0.25, 0.3) is 11.6 Å². The minimum absolute atomic E-state index is 1.13. The van der Waals surface area contributed by atoms with E-state index in [9.17, 15) is 0 Å². The van der Waals surface area contributed by atoms with Crippen molar-refractivity contribution in [2.75, 3.05) is 0 Å². The molecule has 0 spiro atoms. The predicted octanol–water partition coefficient (Wildman–Crippen LogP) is 0.0499. The van der Waals surface area contributed by atoms with E-state index in [1.54, 1.807) is 0 Å². The predicted molar refractivity (Wildman–Crippen MR) is 73.4 cm³/mol. The minimum atomic E-state index is 1.13. The molecule has 0 unspecified atom stereocenters. The maximum absolute atomic E-state index is 2.19. The quantitative estimate of drug-likeness (QED) is 0.587. The average Bonchev–Trinajstić information content (AvgIpc) is 3.01. The van der Waals surface area contributed by atoms with Crippen LogP contribution in [-0.2, 0) is 21.1 Å². The monoisotopic (exact) mass is 270 g/mol. The van der Waals surface area contributed by atoms with Gasteiger partial charge < -0.3 is 0 Å². The molecule has 3 rings (SSSR count). The first-order chi connectivity index (χ1) is 9.58. The Morgan fingerprint density at radius 1 is 0.800 bits per heavy atom. The third kappa shape index (κ3) is 1.91. The van der Waals surface area contributed by atoms with Gasteiger partial charge in [-0.3, -0.25) is 0 Å². The van der Waals surface area contributed by atoms with Crippen molar-refractivity contribution >= 4 is 0 Å². The minimum Gasteiger partial charge on any atom is -0.226 e. The fourth-order valence-corrected chi connectivity index (χ4v) is 2.52. The molecule has 20 heavy (non-hydrogen) atoms. The van der Waals surface area contributed by atoms with Crippen molar-refractivity contribution in [3.8, 4) is 11.6 Å². The van der Waals surface area contributed by atoms with Crippen LogP contribution in [0, 0.1) is 6.92 Å². The lowest BCUT2D eigenvalue weighted by molar-refractivity contribution is -0.778. The summed E-state index contributed by atoms with van der Waals surface area (Å²) in [6.45, 7) is 2.12.